The molecule has 0 aromatic heterocycles. The van der Waals surface area contributed by atoms with Crippen molar-refractivity contribution in [1.82, 2.24) is 0 Å². The third kappa shape index (κ3) is 1.84. The summed E-state index contributed by atoms with van der Waals surface area (Å²) >= 11 is 8.41. The summed E-state index contributed by atoms with van der Waals surface area (Å²) in [5.41, 5.74) is -0.389. The predicted molar refractivity (Wildman–Crippen MR) is 50.8 cm³/mol. The first kappa shape index (κ1) is 10.5. The van der Waals surface area contributed by atoms with Crippen LogP contribution in [0.15, 0.2) is 10.5 Å². The molecule has 0 amide bonds. The third-order valence-electron chi connectivity index (χ3n) is 1.50. The molecule has 0 aliphatic heterocycles. The van der Waals surface area contributed by atoms with Gasteiger partial charge in [-0.1, -0.05) is 11.6 Å². The number of rotatable bonds is 1. The second-order valence-electron chi connectivity index (χ2n) is 2.43. The van der Waals surface area contributed by atoms with E-state index in [1.54, 1.807) is 0 Å². The number of benzene rings is 1. The highest BCUT2D eigenvalue weighted by Crippen LogP contribution is 2.34. The molecule has 1 aromatic carbocycles. The molecule has 1 rings (SSSR count). The maximum atomic E-state index is 13.2. The summed E-state index contributed by atoms with van der Waals surface area (Å²) in [6, 6.07) is 1.19. The molecule has 0 aliphatic carbocycles. The van der Waals surface area contributed by atoms with Gasteiger partial charge in [-0.2, -0.15) is 0 Å². The van der Waals surface area contributed by atoms with Gasteiger partial charge in [0.2, 0.25) is 0 Å². The van der Waals surface area contributed by atoms with Gasteiger partial charge in [-0.25, -0.2) is 4.39 Å². The van der Waals surface area contributed by atoms with E-state index in [0.29, 0.717) is 0 Å². The summed E-state index contributed by atoms with van der Waals surface area (Å²) in [5, 5.41) is 9.11. The molecule has 13 heavy (non-hydrogen) atoms. The van der Waals surface area contributed by atoms with Gasteiger partial charge in [-0.05, 0) is 28.9 Å². The predicted octanol–water partition coefficient (Wildman–Crippen LogP) is 3.15. The maximum absolute atomic E-state index is 13.2. The minimum absolute atomic E-state index is 0.198. The standard InChI is InChI=1S/C8H5BrClFO2/c1-3(12)6-7(11)5(10)2-4(9)8(6)13/h2,13H,1H3. The van der Waals surface area contributed by atoms with Crippen LogP contribution >= 0.6 is 27.5 Å². The fraction of sp³-hybridized carbons (Fsp3) is 0.125. The smallest absolute Gasteiger partial charge is 0.166 e. The van der Waals surface area contributed by atoms with Gasteiger partial charge in [0.15, 0.2) is 11.6 Å². The third-order valence-corrected chi connectivity index (χ3v) is 2.38. The normalized spacial score (nSPS) is 10.2. The van der Waals surface area contributed by atoms with Crippen molar-refractivity contribution in [2.45, 2.75) is 6.92 Å². The zero-order valence-electron chi connectivity index (χ0n) is 6.57. The second kappa shape index (κ2) is 3.64. The van der Waals surface area contributed by atoms with E-state index in [-0.39, 0.29) is 15.1 Å². The van der Waals surface area contributed by atoms with Crippen molar-refractivity contribution in [3.05, 3.63) is 26.9 Å². The van der Waals surface area contributed by atoms with Crippen molar-refractivity contribution < 1.29 is 14.3 Å². The van der Waals surface area contributed by atoms with E-state index in [2.05, 4.69) is 15.9 Å². The molecule has 0 saturated heterocycles. The second-order valence-corrected chi connectivity index (χ2v) is 3.70. The van der Waals surface area contributed by atoms with E-state index in [1.807, 2.05) is 0 Å². The molecule has 0 bridgehead atoms. The van der Waals surface area contributed by atoms with Crippen molar-refractivity contribution in [2.75, 3.05) is 0 Å². The zero-order chi connectivity index (χ0) is 10.2. The molecule has 5 heteroatoms. The largest absolute Gasteiger partial charge is 0.506 e. The Morgan fingerprint density at radius 2 is 2.23 bits per heavy atom. The molecule has 0 spiro atoms. The van der Waals surface area contributed by atoms with Crippen LogP contribution in [-0.2, 0) is 0 Å². The lowest BCUT2D eigenvalue weighted by molar-refractivity contribution is 0.101. The Morgan fingerprint density at radius 3 is 2.69 bits per heavy atom. The average Bonchev–Trinajstić information content (AvgIpc) is 2.01. The first-order valence-corrected chi connectivity index (χ1v) is 4.49. The Labute approximate surface area is 87.5 Å². The van der Waals surface area contributed by atoms with Gasteiger partial charge in [0.05, 0.1) is 15.1 Å². The first-order valence-electron chi connectivity index (χ1n) is 3.32. The summed E-state index contributed by atoms with van der Waals surface area (Å²) in [6.07, 6.45) is 0. The zero-order valence-corrected chi connectivity index (χ0v) is 8.91. The van der Waals surface area contributed by atoms with Crippen LogP contribution in [0.2, 0.25) is 5.02 Å². The van der Waals surface area contributed by atoms with Gasteiger partial charge < -0.3 is 5.11 Å². The van der Waals surface area contributed by atoms with Crippen LogP contribution in [0, 0.1) is 5.82 Å². The molecule has 0 heterocycles. The van der Waals surface area contributed by atoms with Crippen LogP contribution in [0.3, 0.4) is 0 Å². The van der Waals surface area contributed by atoms with Crippen LogP contribution in [0.5, 0.6) is 5.75 Å². The lowest BCUT2D eigenvalue weighted by Crippen LogP contribution is -1.99. The number of Topliss-reactive ketones (excluding diaryl/α,β-unsaturated/α-hetero) is 1. The van der Waals surface area contributed by atoms with Crippen LogP contribution in [0.4, 0.5) is 4.39 Å². The molecular weight excluding hydrogens is 262 g/mol. The number of hydrogen-bond donors (Lipinski definition) is 1. The highest BCUT2D eigenvalue weighted by Gasteiger charge is 2.18. The summed E-state index contributed by atoms with van der Waals surface area (Å²) < 4.78 is 13.4. The summed E-state index contributed by atoms with van der Waals surface area (Å²) in [6.45, 7) is 1.15. The van der Waals surface area contributed by atoms with Crippen molar-refractivity contribution in [3.63, 3.8) is 0 Å². The minimum atomic E-state index is -0.894. The van der Waals surface area contributed by atoms with Crippen molar-refractivity contribution in [2.24, 2.45) is 0 Å². The van der Waals surface area contributed by atoms with Gasteiger partial charge in [0, 0.05) is 0 Å². The fourth-order valence-electron chi connectivity index (χ4n) is 0.907. The number of hydrogen-bond acceptors (Lipinski definition) is 2. The Balaban J connectivity index is 3.56. The molecule has 1 aromatic rings. The number of carbonyl (C=O) groups is 1. The van der Waals surface area contributed by atoms with Gasteiger partial charge in [-0.3, -0.25) is 4.79 Å². The molecular formula is C8H5BrClFO2. The molecule has 0 fully saturated rings. The lowest BCUT2D eigenvalue weighted by Gasteiger charge is -2.05. The number of halogens is 3. The van der Waals surface area contributed by atoms with Crippen LogP contribution < -0.4 is 0 Å². The number of phenolic OH excluding ortho intramolecular Hbond substituents is 1. The van der Waals surface area contributed by atoms with Gasteiger partial charge in [0.1, 0.15) is 5.75 Å². The quantitative estimate of drug-likeness (QED) is 0.627. The van der Waals surface area contributed by atoms with Gasteiger partial charge >= 0.3 is 0 Å². The average molecular weight is 267 g/mol. The summed E-state index contributed by atoms with van der Waals surface area (Å²) in [7, 11) is 0. The number of carbonyl (C=O) groups excluding carboxylic acids is 1. The number of aromatic hydroxyl groups is 1. The molecule has 0 aliphatic rings. The molecule has 70 valence electrons. The molecule has 1 N–H and O–H groups in total. The Morgan fingerprint density at radius 1 is 1.69 bits per heavy atom. The van der Waals surface area contributed by atoms with E-state index in [0.717, 1.165) is 6.92 Å². The van der Waals surface area contributed by atoms with E-state index < -0.39 is 17.3 Å². The SMILES string of the molecule is CC(=O)c1c(O)c(Br)cc(Cl)c1F. The Kier molecular flexibility index (Phi) is 2.93. The fourth-order valence-corrected chi connectivity index (χ4v) is 1.67. The number of ketones is 1. The number of phenols is 1. The molecule has 0 radical (unpaired) electrons. The summed E-state index contributed by atoms with van der Waals surface area (Å²) in [4.78, 5) is 10.9. The lowest BCUT2D eigenvalue weighted by atomic mass is 10.1. The minimum Gasteiger partial charge on any atom is -0.506 e. The van der Waals surface area contributed by atoms with E-state index in [1.165, 1.54) is 6.07 Å². The van der Waals surface area contributed by atoms with Crippen LogP contribution in [0.25, 0.3) is 0 Å². The van der Waals surface area contributed by atoms with E-state index >= 15 is 0 Å². The maximum Gasteiger partial charge on any atom is 0.166 e. The van der Waals surface area contributed by atoms with Crippen molar-refractivity contribution in [1.29, 1.82) is 0 Å². The molecule has 0 saturated carbocycles. The highest BCUT2D eigenvalue weighted by atomic mass is 79.9. The van der Waals surface area contributed by atoms with Gasteiger partial charge in [0.25, 0.3) is 0 Å². The van der Waals surface area contributed by atoms with E-state index in [9.17, 15) is 14.3 Å². The van der Waals surface area contributed by atoms with E-state index in [4.69, 9.17) is 11.6 Å². The highest BCUT2D eigenvalue weighted by molar-refractivity contribution is 9.10. The van der Waals surface area contributed by atoms with Crippen molar-refractivity contribution >= 4 is 33.3 Å². The topological polar surface area (TPSA) is 37.3 Å². The Bertz CT molecular complexity index is 353. The van der Waals surface area contributed by atoms with Gasteiger partial charge in [-0.15, -0.1) is 0 Å². The molecule has 0 unspecified atom stereocenters. The first-order chi connectivity index (χ1) is 5.95. The summed E-state index contributed by atoms with van der Waals surface area (Å²) in [5.74, 6) is -1.89. The Hall–Kier alpha value is -0.610. The van der Waals surface area contributed by atoms with Crippen LogP contribution in [-0.4, -0.2) is 10.9 Å². The molecule has 2 nitrogen and oxygen atoms in total. The van der Waals surface area contributed by atoms with Crippen molar-refractivity contribution in [3.8, 4) is 5.75 Å². The van der Waals surface area contributed by atoms with Crippen LogP contribution in [0.1, 0.15) is 17.3 Å². The molecule has 0 atom stereocenters. The monoisotopic (exact) mass is 266 g/mol.